The second-order valence-corrected chi connectivity index (χ2v) is 15.5. The van der Waals surface area contributed by atoms with Gasteiger partial charge in [0.25, 0.3) is 11.8 Å². The lowest BCUT2D eigenvalue weighted by Crippen LogP contribution is -2.27. The Hall–Kier alpha value is -3.04. The van der Waals surface area contributed by atoms with E-state index in [0.29, 0.717) is 31.5 Å². The van der Waals surface area contributed by atoms with Crippen LogP contribution in [0.5, 0.6) is 0 Å². The molecule has 0 saturated carbocycles. The Morgan fingerprint density at radius 3 is 1.41 bits per heavy atom. The van der Waals surface area contributed by atoms with Crippen molar-refractivity contribution in [1.29, 1.82) is 0 Å². The maximum Gasteiger partial charge on any atom is 0.266 e. The van der Waals surface area contributed by atoms with E-state index in [9.17, 15) is 9.59 Å². The molecular formula is C36H32N2O2S4. The molecule has 0 radical (unpaired) electrons. The van der Waals surface area contributed by atoms with E-state index in [0.717, 1.165) is 24.0 Å². The maximum atomic E-state index is 12.9. The molecule has 0 atom stereocenters. The van der Waals surface area contributed by atoms with E-state index in [1.807, 2.05) is 26.0 Å². The summed E-state index contributed by atoms with van der Waals surface area (Å²) >= 11 is 13.7. The predicted molar refractivity (Wildman–Crippen MR) is 194 cm³/mol. The zero-order chi connectivity index (χ0) is 31.2. The summed E-state index contributed by atoms with van der Waals surface area (Å²) in [7, 11) is 0. The average molecular weight is 653 g/mol. The van der Waals surface area contributed by atoms with Crippen molar-refractivity contribution >= 4 is 90.7 Å². The SMILES string of the molecule is CCN1C(=O)/C(=C\C2=CC3=C(C2)c2cc4c(cc2C3=C(C)C)C2=C(C=C(/C=C3/SC(=S)N(CC)C3=O)C2)C4=C(C)C)SC1=S. The van der Waals surface area contributed by atoms with Crippen LogP contribution in [-0.2, 0) is 9.59 Å². The van der Waals surface area contributed by atoms with Crippen molar-refractivity contribution in [1.82, 2.24) is 9.80 Å². The summed E-state index contributed by atoms with van der Waals surface area (Å²) in [5, 5.41) is 0. The standard InChI is InChI=1S/C36H32N2O2S4/c1-7-37-33(39)29(43-35(37)41)13-19-9-21-23-15-28-24(16-27(23)31(17(3)4)25(21)11-19)22-10-20(12-26(22)32(28)18(5)6)14-30-34(40)38(8-2)36(42)44-30/h11-16H,7-10H2,1-6H3/b29-13+,30-14+. The van der Waals surface area contributed by atoms with E-state index in [4.69, 9.17) is 24.4 Å². The van der Waals surface area contributed by atoms with E-state index >= 15 is 0 Å². The van der Waals surface area contributed by atoms with Crippen molar-refractivity contribution in [3.05, 3.63) is 102 Å². The molecule has 0 aromatic heterocycles. The number of fused-ring (bicyclic) bond motifs is 4. The third kappa shape index (κ3) is 4.40. The maximum absolute atomic E-state index is 12.9. The molecule has 0 N–H and O–H groups in total. The number of hydrogen-bond acceptors (Lipinski definition) is 6. The third-order valence-electron chi connectivity index (χ3n) is 8.97. The van der Waals surface area contributed by atoms with Crippen LogP contribution in [-0.4, -0.2) is 43.3 Å². The summed E-state index contributed by atoms with van der Waals surface area (Å²) in [6, 6.07) is 4.81. The largest absolute Gasteiger partial charge is 0.293 e. The highest BCUT2D eigenvalue weighted by Crippen LogP contribution is 2.56. The molecule has 2 fully saturated rings. The van der Waals surface area contributed by atoms with Crippen molar-refractivity contribution in [3.63, 3.8) is 0 Å². The molecule has 1 aromatic carbocycles. The van der Waals surface area contributed by atoms with Gasteiger partial charge < -0.3 is 0 Å². The Balaban J connectivity index is 1.24. The van der Waals surface area contributed by atoms with Crippen molar-refractivity contribution in [2.24, 2.45) is 0 Å². The van der Waals surface area contributed by atoms with Crippen LogP contribution in [0.25, 0.3) is 22.3 Å². The third-order valence-corrected chi connectivity index (χ3v) is 11.7. The number of thiocarbonyl (C=S) groups is 2. The highest BCUT2D eigenvalue weighted by atomic mass is 32.2. The number of carbonyl (C=O) groups excluding carboxylic acids is 2. The van der Waals surface area contributed by atoms with Crippen LogP contribution < -0.4 is 0 Å². The van der Waals surface area contributed by atoms with Gasteiger partial charge in [-0.05, 0) is 146 Å². The molecule has 7 rings (SSSR count). The molecule has 1 aromatic rings. The van der Waals surface area contributed by atoms with Gasteiger partial charge in [-0.1, -0.05) is 71.3 Å². The molecule has 0 bridgehead atoms. The van der Waals surface area contributed by atoms with Gasteiger partial charge in [0.2, 0.25) is 0 Å². The normalized spacial score (nSPS) is 22.3. The van der Waals surface area contributed by atoms with E-state index < -0.39 is 0 Å². The zero-order valence-electron chi connectivity index (χ0n) is 25.6. The van der Waals surface area contributed by atoms with Gasteiger partial charge in [0.15, 0.2) is 0 Å². The molecule has 4 nitrogen and oxygen atoms in total. The van der Waals surface area contributed by atoms with Crippen molar-refractivity contribution in [3.8, 4) is 0 Å². The molecular weight excluding hydrogens is 621 g/mol. The van der Waals surface area contributed by atoms with Crippen molar-refractivity contribution in [2.75, 3.05) is 13.1 Å². The lowest BCUT2D eigenvalue weighted by atomic mass is 9.89. The average Bonchev–Trinajstić information content (AvgIpc) is 3.77. The lowest BCUT2D eigenvalue weighted by molar-refractivity contribution is -0.122. The van der Waals surface area contributed by atoms with Gasteiger partial charge in [-0.15, -0.1) is 0 Å². The molecule has 6 aliphatic rings. The van der Waals surface area contributed by atoms with E-state index in [-0.39, 0.29) is 11.8 Å². The summed E-state index contributed by atoms with van der Waals surface area (Å²) in [6.45, 7) is 13.9. The topological polar surface area (TPSA) is 40.6 Å². The molecule has 8 heteroatoms. The minimum absolute atomic E-state index is 0.00858. The summed E-state index contributed by atoms with van der Waals surface area (Å²) in [6.07, 6.45) is 10.2. The Bertz CT molecular complexity index is 1790. The van der Waals surface area contributed by atoms with Crippen LogP contribution in [0.3, 0.4) is 0 Å². The highest BCUT2D eigenvalue weighted by molar-refractivity contribution is 8.27. The first-order valence-electron chi connectivity index (χ1n) is 15.0. The minimum atomic E-state index is 0.00858. The number of carbonyl (C=O) groups is 2. The highest BCUT2D eigenvalue weighted by Gasteiger charge is 2.38. The van der Waals surface area contributed by atoms with Crippen molar-refractivity contribution in [2.45, 2.75) is 54.4 Å². The van der Waals surface area contributed by atoms with Gasteiger partial charge >= 0.3 is 0 Å². The second-order valence-electron chi connectivity index (χ2n) is 12.1. The smallest absolute Gasteiger partial charge is 0.266 e. The summed E-state index contributed by atoms with van der Waals surface area (Å²) in [5.41, 5.74) is 17.9. The van der Waals surface area contributed by atoms with Crippen LogP contribution in [0, 0.1) is 0 Å². The molecule has 2 amide bonds. The molecule has 4 aliphatic carbocycles. The zero-order valence-corrected chi connectivity index (χ0v) is 28.9. The van der Waals surface area contributed by atoms with Gasteiger partial charge in [0, 0.05) is 13.1 Å². The van der Waals surface area contributed by atoms with Crippen LogP contribution in [0.4, 0.5) is 0 Å². The first-order chi connectivity index (χ1) is 21.0. The van der Waals surface area contributed by atoms with Crippen LogP contribution in [0.1, 0.15) is 76.6 Å². The van der Waals surface area contributed by atoms with Gasteiger partial charge in [0.1, 0.15) is 8.64 Å². The number of benzene rings is 1. The molecule has 0 spiro atoms. The molecule has 2 saturated heterocycles. The monoisotopic (exact) mass is 652 g/mol. The molecule has 2 heterocycles. The van der Waals surface area contributed by atoms with Gasteiger partial charge in [-0.25, -0.2) is 0 Å². The molecule has 0 unspecified atom stereocenters. The minimum Gasteiger partial charge on any atom is -0.293 e. The Morgan fingerprint density at radius 2 is 1.09 bits per heavy atom. The Morgan fingerprint density at radius 1 is 0.705 bits per heavy atom. The predicted octanol–water partition coefficient (Wildman–Crippen LogP) is 9.00. The molecule has 44 heavy (non-hydrogen) atoms. The fourth-order valence-corrected chi connectivity index (χ4v) is 9.92. The van der Waals surface area contributed by atoms with E-state index in [1.54, 1.807) is 9.80 Å². The summed E-state index contributed by atoms with van der Waals surface area (Å²) < 4.78 is 1.27. The van der Waals surface area contributed by atoms with E-state index in [1.165, 1.54) is 90.4 Å². The Labute approximate surface area is 278 Å². The lowest BCUT2D eigenvalue weighted by Gasteiger charge is -2.15. The molecule has 222 valence electrons. The number of hydrogen-bond donors (Lipinski definition) is 0. The van der Waals surface area contributed by atoms with Gasteiger partial charge in [-0.2, -0.15) is 0 Å². The van der Waals surface area contributed by atoms with Gasteiger partial charge in [0.05, 0.1) is 9.81 Å². The van der Waals surface area contributed by atoms with Crippen LogP contribution in [0.15, 0.2) is 79.7 Å². The number of allylic oxidation sites excluding steroid dienone is 14. The summed E-state index contributed by atoms with van der Waals surface area (Å²) in [4.78, 5) is 30.6. The quantitative estimate of drug-likeness (QED) is 0.239. The Kier molecular flexibility index (Phi) is 7.28. The van der Waals surface area contributed by atoms with Gasteiger partial charge in [-0.3, -0.25) is 19.4 Å². The second kappa shape index (κ2) is 10.8. The summed E-state index contributed by atoms with van der Waals surface area (Å²) in [5.74, 6) is 0.0172. The number of rotatable bonds is 4. The number of amides is 2. The first kappa shape index (κ1) is 29.7. The molecule has 2 aliphatic heterocycles. The van der Waals surface area contributed by atoms with Crippen molar-refractivity contribution < 1.29 is 9.59 Å². The number of likely N-dealkylation sites (N-methyl/N-ethyl adjacent to an activating group) is 2. The first-order valence-corrected chi connectivity index (χ1v) is 17.4. The fraction of sp³-hybridized carbons (Fsp3) is 0.278. The van der Waals surface area contributed by atoms with E-state index in [2.05, 4.69) is 52.0 Å². The number of nitrogens with zero attached hydrogens (tertiary/aromatic N) is 2. The fourth-order valence-electron chi connectivity index (χ4n) is 7.12. The van der Waals surface area contributed by atoms with Crippen LogP contribution in [0.2, 0.25) is 0 Å². The number of thioether (sulfide) groups is 2. The van der Waals surface area contributed by atoms with Crippen LogP contribution >= 0.6 is 48.0 Å².